The van der Waals surface area contributed by atoms with Crippen molar-refractivity contribution >= 4 is 21.6 Å². The fraction of sp³-hybridized carbons (Fsp3) is 0.536. The fourth-order valence-corrected chi connectivity index (χ4v) is 6.98. The molecule has 4 rings (SSSR count). The van der Waals surface area contributed by atoms with Crippen molar-refractivity contribution in [2.75, 3.05) is 38.1 Å². The van der Waals surface area contributed by atoms with Gasteiger partial charge in [0.25, 0.3) is 0 Å². The van der Waals surface area contributed by atoms with Crippen molar-refractivity contribution in [2.24, 2.45) is 5.92 Å². The van der Waals surface area contributed by atoms with E-state index in [1.54, 1.807) is 16.4 Å². The maximum atomic E-state index is 13.8. The summed E-state index contributed by atoms with van der Waals surface area (Å²) in [6.45, 7) is 10.4. The fourth-order valence-electron chi connectivity index (χ4n) is 5.28. The Bertz CT molecular complexity index is 1150. The molecule has 0 bridgehead atoms. The zero-order chi connectivity index (χ0) is 25.9. The largest absolute Gasteiger partial charge is 0.371 e. The summed E-state index contributed by atoms with van der Waals surface area (Å²) in [5.74, 6) is 0.269. The number of nitrogens with one attached hydrogen (secondary N) is 1. The zero-order valence-electron chi connectivity index (χ0n) is 21.9. The lowest BCUT2D eigenvalue weighted by atomic mass is 9.89. The van der Waals surface area contributed by atoms with E-state index in [1.807, 2.05) is 50.2 Å². The number of nitrogens with zero attached hydrogens (tertiary/aromatic N) is 2. The first kappa shape index (κ1) is 26.8. The third-order valence-electron chi connectivity index (χ3n) is 7.13. The van der Waals surface area contributed by atoms with Crippen LogP contribution in [0, 0.1) is 19.8 Å². The van der Waals surface area contributed by atoms with Crippen molar-refractivity contribution in [3.8, 4) is 0 Å². The topological polar surface area (TPSA) is 79.0 Å². The summed E-state index contributed by atoms with van der Waals surface area (Å²) in [6, 6.07) is 14.6. The van der Waals surface area contributed by atoms with E-state index in [0.29, 0.717) is 30.5 Å². The lowest BCUT2D eigenvalue weighted by Crippen LogP contribution is -2.64. The van der Waals surface area contributed by atoms with Gasteiger partial charge in [-0.2, -0.15) is 4.31 Å². The van der Waals surface area contributed by atoms with Crippen LogP contribution in [-0.2, 0) is 19.6 Å². The lowest BCUT2D eigenvalue weighted by molar-refractivity contribution is -0.146. The number of rotatable bonds is 7. The van der Waals surface area contributed by atoms with Gasteiger partial charge in [0.05, 0.1) is 23.6 Å². The van der Waals surface area contributed by atoms with Gasteiger partial charge in [0.15, 0.2) is 0 Å². The summed E-state index contributed by atoms with van der Waals surface area (Å²) < 4.78 is 35.7. The highest BCUT2D eigenvalue weighted by Gasteiger charge is 2.47. The minimum atomic E-state index is -3.68. The van der Waals surface area contributed by atoms with E-state index in [2.05, 4.69) is 24.1 Å². The van der Waals surface area contributed by atoms with Crippen LogP contribution >= 0.6 is 0 Å². The highest BCUT2D eigenvalue weighted by Crippen LogP contribution is 2.35. The molecule has 0 radical (unpaired) electrons. The molecule has 0 aliphatic carbocycles. The molecule has 1 N–H and O–H groups in total. The molecule has 1 amide bonds. The van der Waals surface area contributed by atoms with Crippen LogP contribution < -0.4 is 5.32 Å². The average Bonchev–Trinajstić information content (AvgIpc) is 2.82. The number of amides is 1. The third kappa shape index (κ3) is 6.35. The number of hydrogen-bond donors (Lipinski definition) is 1. The van der Waals surface area contributed by atoms with Crippen molar-refractivity contribution in [2.45, 2.75) is 63.5 Å². The van der Waals surface area contributed by atoms with E-state index in [4.69, 9.17) is 4.74 Å². The first-order chi connectivity index (χ1) is 17.1. The minimum Gasteiger partial charge on any atom is -0.371 e. The van der Waals surface area contributed by atoms with Crippen LogP contribution in [0.1, 0.15) is 44.2 Å². The number of benzene rings is 2. The molecular weight excluding hydrogens is 474 g/mol. The van der Waals surface area contributed by atoms with Crippen LogP contribution in [0.15, 0.2) is 53.4 Å². The molecule has 0 aromatic heterocycles. The smallest absolute Gasteiger partial charge is 0.243 e. The van der Waals surface area contributed by atoms with Crippen LogP contribution in [-0.4, -0.2) is 68.0 Å². The molecule has 0 saturated carbocycles. The molecule has 2 aromatic rings. The molecule has 2 heterocycles. The van der Waals surface area contributed by atoms with Gasteiger partial charge in [0.1, 0.15) is 0 Å². The number of likely N-dealkylation sites (tertiary alicyclic amines) is 1. The van der Waals surface area contributed by atoms with E-state index in [0.717, 1.165) is 42.6 Å². The van der Waals surface area contributed by atoms with Gasteiger partial charge < -0.3 is 10.1 Å². The molecule has 36 heavy (non-hydrogen) atoms. The van der Waals surface area contributed by atoms with Crippen molar-refractivity contribution in [3.05, 3.63) is 59.7 Å². The first-order valence-electron chi connectivity index (χ1n) is 12.9. The summed E-state index contributed by atoms with van der Waals surface area (Å²) in [5, 5.41) is 2.97. The summed E-state index contributed by atoms with van der Waals surface area (Å²) in [4.78, 5) is 15.2. The second kappa shape index (κ2) is 11.0. The first-order valence-corrected chi connectivity index (χ1v) is 14.3. The Morgan fingerprint density at radius 2 is 1.69 bits per heavy atom. The molecule has 1 unspecified atom stereocenters. The average molecular weight is 514 g/mol. The van der Waals surface area contributed by atoms with E-state index in [1.165, 1.54) is 0 Å². The molecular formula is C28H39N3O4S. The summed E-state index contributed by atoms with van der Waals surface area (Å²) in [6.07, 6.45) is 2.37. The standard InChI is InChI=1S/C28H39N3O4S/c1-21(2)16-25-18-35-28(20-31(25)36(33,34)26-12-8-23(4)9-13-26)14-5-15-30(19-28)17-27(32)29-24-10-6-22(3)7-11-24/h6-13,21,25H,5,14-20H2,1-4H3,(H,29,32)/t25-,28?/m0/s1. The Balaban J connectivity index is 1.49. The van der Waals surface area contributed by atoms with Gasteiger partial charge >= 0.3 is 0 Å². The van der Waals surface area contributed by atoms with Gasteiger partial charge in [-0.3, -0.25) is 9.69 Å². The van der Waals surface area contributed by atoms with Gasteiger partial charge in [-0.05, 0) is 69.8 Å². The number of anilines is 1. The molecule has 2 fully saturated rings. The number of hydrogen-bond acceptors (Lipinski definition) is 5. The summed E-state index contributed by atoms with van der Waals surface area (Å²) in [7, 11) is -3.68. The Labute approximate surface area is 215 Å². The number of aryl methyl sites for hydroxylation is 2. The lowest BCUT2D eigenvalue weighted by Gasteiger charge is -2.50. The molecule has 2 atom stereocenters. The number of piperidine rings is 1. The number of morpholine rings is 1. The van der Waals surface area contributed by atoms with Crippen LogP contribution in [0.5, 0.6) is 0 Å². The highest BCUT2D eigenvalue weighted by atomic mass is 32.2. The van der Waals surface area contributed by atoms with Crippen molar-refractivity contribution in [1.29, 1.82) is 0 Å². The van der Waals surface area contributed by atoms with E-state index in [-0.39, 0.29) is 18.5 Å². The van der Waals surface area contributed by atoms with Crippen LogP contribution in [0.3, 0.4) is 0 Å². The molecule has 2 saturated heterocycles. The third-order valence-corrected chi connectivity index (χ3v) is 9.04. The van der Waals surface area contributed by atoms with Gasteiger partial charge in [-0.1, -0.05) is 49.2 Å². The van der Waals surface area contributed by atoms with Gasteiger partial charge in [-0.25, -0.2) is 8.42 Å². The van der Waals surface area contributed by atoms with Crippen LogP contribution in [0.25, 0.3) is 0 Å². The van der Waals surface area contributed by atoms with Crippen molar-refractivity contribution in [3.63, 3.8) is 0 Å². The predicted octanol–water partition coefficient (Wildman–Crippen LogP) is 4.21. The predicted molar refractivity (Wildman–Crippen MR) is 142 cm³/mol. The van der Waals surface area contributed by atoms with Crippen molar-refractivity contribution in [1.82, 2.24) is 9.21 Å². The van der Waals surface area contributed by atoms with Crippen LogP contribution in [0.4, 0.5) is 5.69 Å². The maximum absolute atomic E-state index is 13.8. The van der Waals surface area contributed by atoms with Gasteiger partial charge in [0, 0.05) is 24.8 Å². The highest BCUT2D eigenvalue weighted by molar-refractivity contribution is 7.89. The van der Waals surface area contributed by atoms with Gasteiger partial charge in [0.2, 0.25) is 15.9 Å². The molecule has 196 valence electrons. The molecule has 1 spiro atoms. The molecule has 2 aliphatic rings. The monoisotopic (exact) mass is 513 g/mol. The quantitative estimate of drug-likeness (QED) is 0.600. The zero-order valence-corrected chi connectivity index (χ0v) is 22.7. The number of carbonyl (C=O) groups excluding carboxylic acids is 1. The Morgan fingerprint density at radius 3 is 2.33 bits per heavy atom. The van der Waals surface area contributed by atoms with Crippen molar-refractivity contribution < 1.29 is 17.9 Å². The van der Waals surface area contributed by atoms with Crippen LogP contribution in [0.2, 0.25) is 0 Å². The second-order valence-corrected chi connectivity index (χ2v) is 12.8. The van der Waals surface area contributed by atoms with E-state index < -0.39 is 15.6 Å². The second-order valence-electron chi connectivity index (χ2n) is 10.9. The summed E-state index contributed by atoms with van der Waals surface area (Å²) >= 11 is 0. The Morgan fingerprint density at radius 1 is 1.06 bits per heavy atom. The molecule has 2 aromatic carbocycles. The summed E-state index contributed by atoms with van der Waals surface area (Å²) in [5.41, 5.74) is 2.32. The van der Waals surface area contributed by atoms with E-state index in [9.17, 15) is 13.2 Å². The SMILES string of the molecule is Cc1ccc(NC(=O)CN2CCCC3(C2)CN(S(=O)(=O)c2ccc(C)cc2)[C@@H](CC(C)C)CO3)cc1. The maximum Gasteiger partial charge on any atom is 0.243 e. The normalized spacial score (nSPS) is 23.8. The number of ether oxygens (including phenoxy) is 1. The van der Waals surface area contributed by atoms with E-state index >= 15 is 0 Å². The number of sulfonamides is 1. The Hall–Kier alpha value is -2.26. The number of carbonyl (C=O) groups is 1. The van der Waals surface area contributed by atoms with Gasteiger partial charge in [-0.15, -0.1) is 0 Å². The molecule has 2 aliphatic heterocycles. The molecule has 8 heteroatoms. The molecule has 7 nitrogen and oxygen atoms in total. The Kier molecular flexibility index (Phi) is 8.19. The minimum absolute atomic E-state index is 0.0754.